The molecule has 4 aromatic rings. The molecule has 5 rings (SSSR count). The number of imidazole rings is 1. The van der Waals surface area contributed by atoms with Crippen LogP contribution in [0.3, 0.4) is 0 Å². The molecule has 36 heavy (non-hydrogen) atoms. The molecule has 0 bridgehead atoms. The van der Waals surface area contributed by atoms with E-state index >= 15 is 0 Å². The van der Waals surface area contributed by atoms with Crippen molar-refractivity contribution in [3.05, 3.63) is 83.4 Å². The van der Waals surface area contributed by atoms with Crippen LogP contribution in [0.2, 0.25) is 0 Å². The smallest absolute Gasteiger partial charge is 0.338 e. The number of hydrogen-bond donors (Lipinski definition) is 2. The summed E-state index contributed by atoms with van der Waals surface area (Å²) in [7, 11) is 1.61. The third-order valence-electron chi connectivity index (χ3n) is 6.11. The fourth-order valence-electron chi connectivity index (χ4n) is 4.53. The molecule has 8 heteroatoms. The van der Waals surface area contributed by atoms with Gasteiger partial charge < -0.3 is 24.6 Å². The predicted molar refractivity (Wildman–Crippen MR) is 137 cm³/mol. The van der Waals surface area contributed by atoms with Gasteiger partial charge in [-0.1, -0.05) is 18.2 Å². The van der Waals surface area contributed by atoms with Crippen LogP contribution in [-0.4, -0.2) is 41.0 Å². The number of hydrogen-bond acceptors (Lipinski definition) is 7. The molecule has 0 saturated heterocycles. The van der Waals surface area contributed by atoms with E-state index in [2.05, 4.69) is 5.32 Å². The number of aromatic hydroxyl groups is 1. The second kappa shape index (κ2) is 9.65. The number of benzene rings is 3. The number of carbonyl (C=O) groups excluding carboxylic acids is 1. The summed E-state index contributed by atoms with van der Waals surface area (Å²) >= 11 is 0. The fraction of sp³-hybridized carbons (Fsp3) is 0.214. The molecule has 1 aliphatic heterocycles. The first-order chi connectivity index (χ1) is 17.5. The van der Waals surface area contributed by atoms with Crippen LogP contribution < -0.4 is 14.8 Å². The lowest BCUT2D eigenvalue weighted by atomic mass is 9.92. The van der Waals surface area contributed by atoms with Crippen LogP contribution in [0, 0.1) is 0 Å². The largest absolute Gasteiger partial charge is 0.504 e. The minimum atomic E-state index is -0.593. The predicted octanol–water partition coefficient (Wildman–Crippen LogP) is 5.14. The van der Waals surface area contributed by atoms with E-state index in [1.54, 1.807) is 32.2 Å². The van der Waals surface area contributed by atoms with Crippen molar-refractivity contribution >= 4 is 28.6 Å². The molecule has 2 N–H and O–H groups in total. The number of esters is 1. The van der Waals surface area contributed by atoms with Gasteiger partial charge in [-0.15, -0.1) is 0 Å². The standard InChI is InChI=1S/C28H27N3O5/c1-4-35-23-16-18(12-15-22(23)32)26-24(27(33)36-5-2)25(17-10-13-19(34-3)14-11-17)30-28-29-20-8-6-7-9-21(20)31(26)28/h6-16,26,32H,4-5H2,1-3H3,(H,29,30)/t26-/m0/s1. The number of anilines is 1. The third-order valence-corrected chi connectivity index (χ3v) is 6.11. The summed E-state index contributed by atoms with van der Waals surface area (Å²) < 4.78 is 18.5. The number of nitrogens with zero attached hydrogens (tertiary/aromatic N) is 2. The monoisotopic (exact) mass is 485 g/mol. The molecule has 0 fully saturated rings. The van der Waals surface area contributed by atoms with Gasteiger partial charge in [0.2, 0.25) is 5.95 Å². The van der Waals surface area contributed by atoms with Gasteiger partial charge in [-0.2, -0.15) is 0 Å². The summed E-state index contributed by atoms with van der Waals surface area (Å²) in [6, 6.07) is 19.7. The van der Waals surface area contributed by atoms with Gasteiger partial charge in [-0.3, -0.25) is 4.57 Å². The zero-order chi connectivity index (χ0) is 25.2. The Labute approximate surface area is 208 Å². The average Bonchev–Trinajstić information content (AvgIpc) is 3.27. The second-order valence-electron chi connectivity index (χ2n) is 8.22. The molecule has 1 aliphatic rings. The van der Waals surface area contributed by atoms with E-state index in [0.717, 1.165) is 22.2 Å². The SMILES string of the molecule is CCOC(=O)C1=C(c2ccc(OC)cc2)Nc2nc3ccccc3n2[C@H]1c1ccc(O)c(OCC)c1. The fourth-order valence-corrected chi connectivity index (χ4v) is 4.53. The average molecular weight is 486 g/mol. The molecule has 0 unspecified atom stereocenters. The van der Waals surface area contributed by atoms with Gasteiger partial charge in [0.25, 0.3) is 0 Å². The molecule has 1 aromatic heterocycles. The maximum Gasteiger partial charge on any atom is 0.338 e. The summed E-state index contributed by atoms with van der Waals surface area (Å²) in [6.45, 7) is 4.24. The number of methoxy groups -OCH3 is 1. The quantitative estimate of drug-likeness (QED) is 0.350. The Balaban J connectivity index is 1.80. The van der Waals surface area contributed by atoms with E-state index < -0.39 is 12.0 Å². The number of aromatic nitrogens is 2. The van der Waals surface area contributed by atoms with Crippen LogP contribution in [-0.2, 0) is 9.53 Å². The summed E-state index contributed by atoms with van der Waals surface area (Å²) in [5, 5.41) is 13.7. The number of para-hydroxylation sites is 2. The van der Waals surface area contributed by atoms with Crippen molar-refractivity contribution in [1.29, 1.82) is 0 Å². The normalized spacial score (nSPS) is 14.8. The van der Waals surface area contributed by atoms with Gasteiger partial charge in [-0.25, -0.2) is 9.78 Å². The van der Waals surface area contributed by atoms with Gasteiger partial charge in [0.05, 0.1) is 48.7 Å². The van der Waals surface area contributed by atoms with E-state index in [-0.39, 0.29) is 12.4 Å². The van der Waals surface area contributed by atoms with Crippen LogP contribution in [0.1, 0.15) is 31.0 Å². The molecule has 2 heterocycles. The number of rotatable bonds is 7. The Morgan fingerprint density at radius 1 is 1.06 bits per heavy atom. The minimum Gasteiger partial charge on any atom is -0.504 e. The summed E-state index contributed by atoms with van der Waals surface area (Å²) in [6.07, 6.45) is 0. The van der Waals surface area contributed by atoms with Crippen LogP contribution in [0.15, 0.2) is 72.3 Å². The van der Waals surface area contributed by atoms with Gasteiger partial charge in [-0.05, 0) is 73.5 Å². The van der Waals surface area contributed by atoms with Crippen molar-refractivity contribution in [3.8, 4) is 17.2 Å². The highest BCUT2D eigenvalue weighted by Gasteiger charge is 2.37. The van der Waals surface area contributed by atoms with Gasteiger partial charge in [0, 0.05) is 0 Å². The number of ether oxygens (including phenoxy) is 3. The first kappa shape index (κ1) is 23.3. The van der Waals surface area contributed by atoms with Gasteiger partial charge in [0.1, 0.15) is 5.75 Å². The first-order valence-corrected chi connectivity index (χ1v) is 11.8. The summed E-state index contributed by atoms with van der Waals surface area (Å²) in [5.41, 5.74) is 4.18. The molecule has 3 aromatic carbocycles. The Bertz CT molecular complexity index is 1460. The lowest BCUT2D eigenvalue weighted by molar-refractivity contribution is -0.138. The molecule has 1 atom stereocenters. The van der Waals surface area contributed by atoms with Crippen LogP contribution in [0.25, 0.3) is 16.7 Å². The van der Waals surface area contributed by atoms with Crippen molar-refractivity contribution in [2.45, 2.75) is 19.9 Å². The highest BCUT2D eigenvalue weighted by molar-refractivity contribution is 6.03. The van der Waals surface area contributed by atoms with Crippen molar-refractivity contribution in [2.75, 3.05) is 25.6 Å². The molecular formula is C28H27N3O5. The van der Waals surface area contributed by atoms with Crippen LogP contribution in [0.4, 0.5) is 5.95 Å². The van der Waals surface area contributed by atoms with E-state index in [0.29, 0.717) is 35.3 Å². The lowest BCUT2D eigenvalue weighted by Crippen LogP contribution is -2.29. The van der Waals surface area contributed by atoms with Crippen molar-refractivity contribution in [1.82, 2.24) is 9.55 Å². The molecule has 0 spiro atoms. The number of nitrogens with one attached hydrogen (secondary N) is 1. The van der Waals surface area contributed by atoms with Crippen molar-refractivity contribution in [2.24, 2.45) is 0 Å². The molecule has 8 nitrogen and oxygen atoms in total. The van der Waals surface area contributed by atoms with E-state index in [1.807, 2.05) is 60.0 Å². The Kier molecular flexibility index (Phi) is 6.25. The van der Waals surface area contributed by atoms with Crippen LogP contribution >= 0.6 is 0 Å². The lowest BCUT2D eigenvalue weighted by Gasteiger charge is -2.31. The maximum atomic E-state index is 13.6. The molecule has 0 radical (unpaired) electrons. The van der Waals surface area contributed by atoms with Gasteiger partial charge in [0.15, 0.2) is 11.5 Å². The zero-order valence-electron chi connectivity index (χ0n) is 20.3. The Hall–Kier alpha value is -4.46. The molecule has 0 amide bonds. The highest BCUT2D eigenvalue weighted by Crippen LogP contribution is 2.44. The first-order valence-electron chi connectivity index (χ1n) is 11.8. The van der Waals surface area contributed by atoms with E-state index in [1.165, 1.54) is 0 Å². The second-order valence-corrected chi connectivity index (χ2v) is 8.22. The topological polar surface area (TPSA) is 94.8 Å². The van der Waals surface area contributed by atoms with Crippen molar-refractivity contribution in [3.63, 3.8) is 0 Å². The molecule has 0 saturated carbocycles. The molecule has 184 valence electrons. The van der Waals surface area contributed by atoms with E-state index in [9.17, 15) is 9.90 Å². The molecular weight excluding hydrogens is 458 g/mol. The maximum absolute atomic E-state index is 13.6. The summed E-state index contributed by atoms with van der Waals surface area (Å²) in [5.74, 6) is 1.22. The number of fused-ring (bicyclic) bond motifs is 3. The Morgan fingerprint density at radius 2 is 1.83 bits per heavy atom. The summed E-state index contributed by atoms with van der Waals surface area (Å²) in [4.78, 5) is 18.4. The van der Waals surface area contributed by atoms with Crippen molar-refractivity contribution < 1.29 is 24.1 Å². The third kappa shape index (κ3) is 4.00. The molecule has 0 aliphatic carbocycles. The number of phenolic OH excluding ortho intramolecular Hbond substituents is 1. The zero-order valence-corrected chi connectivity index (χ0v) is 20.3. The highest BCUT2D eigenvalue weighted by atomic mass is 16.5. The van der Waals surface area contributed by atoms with E-state index in [4.69, 9.17) is 19.2 Å². The Morgan fingerprint density at radius 3 is 2.56 bits per heavy atom. The minimum absolute atomic E-state index is 0.0299. The van der Waals surface area contributed by atoms with Gasteiger partial charge >= 0.3 is 5.97 Å². The van der Waals surface area contributed by atoms with Crippen LogP contribution in [0.5, 0.6) is 17.2 Å². The number of carbonyl (C=O) groups is 1. The number of phenols is 1.